The fourth-order valence-corrected chi connectivity index (χ4v) is 1.92. The van der Waals surface area contributed by atoms with Gasteiger partial charge >= 0.3 is 0 Å². The number of amidine groups is 1. The van der Waals surface area contributed by atoms with E-state index in [1.54, 1.807) is 0 Å². The first-order chi connectivity index (χ1) is 9.66. The zero-order chi connectivity index (χ0) is 14.4. The minimum absolute atomic E-state index is 0.308. The SMILES string of the molecule is C/C(=N\C(=N/C(C)Cl)c1ccccc1)c1ccccc1. The van der Waals surface area contributed by atoms with Crippen molar-refractivity contribution in [3.05, 3.63) is 71.8 Å². The van der Waals surface area contributed by atoms with E-state index in [1.165, 1.54) is 0 Å². The van der Waals surface area contributed by atoms with E-state index in [4.69, 9.17) is 11.6 Å². The van der Waals surface area contributed by atoms with Crippen molar-refractivity contribution >= 4 is 23.1 Å². The van der Waals surface area contributed by atoms with E-state index >= 15 is 0 Å². The molecule has 0 heterocycles. The predicted molar refractivity (Wildman–Crippen MR) is 86.9 cm³/mol. The lowest BCUT2D eigenvalue weighted by Crippen LogP contribution is -2.05. The first-order valence-electron chi connectivity index (χ1n) is 6.55. The zero-order valence-electron chi connectivity index (χ0n) is 11.6. The molecule has 2 aromatic rings. The van der Waals surface area contributed by atoms with Crippen molar-refractivity contribution in [1.82, 2.24) is 0 Å². The molecule has 0 N–H and O–H groups in total. The summed E-state index contributed by atoms with van der Waals surface area (Å²) in [4.78, 5) is 9.05. The molecular weight excluding hydrogens is 268 g/mol. The second kappa shape index (κ2) is 7.01. The third-order valence-corrected chi connectivity index (χ3v) is 2.89. The van der Waals surface area contributed by atoms with Gasteiger partial charge in [0.05, 0.1) is 0 Å². The van der Waals surface area contributed by atoms with E-state index in [-0.39, 0.29) is 5.50 Å². The van der Waals surface area contributed by atoms with Crippen molar-refractivity contribution in [2.75, 3.05) is 0 Å². The fourth-order valence-electron chi connectivity index (χ4n) is 1.83. The molecule has 20 heavy (non-hydrogen) atoms. The minimum atomic E-state index is -0.308. The van der Waals surface area contributed by atoms with Crippen LogP contribution >= 0.6 is 11.6 Å². The maximum atomic E-state index is 6.00. The predicted octanol–water partition coefficient (Wildman–Crippen LogP) is 4.53. The van der Waals surface area contributed by atoms with Crippen molar-refractivity contribution in [1.29, 1.82) is 0 Å². The van der Waals surface area contributed by atoms with E-state index in [0.717, 1.165) is 16.8 Å². The van der Waals surface area contributed by atoms with Crippen LogP contribution in [0.3, 0.4) is 0 Å². The van der Waals surface area contributed by atoms with Gasteiger partial charge in [-0.15, -0.1) is 0 Å². The first-order valence-corrected chi connectivity index (χ1v) is 6.98. The Labute approximate surface area is 124 Å². The lowest BCUT2D eigenvalue weighted by Gasteiger charge is -2.06. The van der Waals surface area contributed by atoms with Gasteiger partial charge in [0.2, 0.25) is 0 Å². The second-order valence-electron chi connectivity index (χ2n) is 4.46. The molecule has 0 saturated heterocycles. The number of hydrogen-bond donors (Lipinski definition) is 0. The van der Waals surface area contributed by atoms with Crippen LogP contribution in [-0.4, -0.2) is 17.0 Å². The summed E-state index contributed by atoms with van der Waals surface area (Å²) in [5.41, 5.74) is 2.66. The molecule has 2 aromatic carbocycles. The van der Waals surface area contributed by atoms with Crippen LogP contribution in [0.25, 0.3) is 0 Å². The summed E-state index contributed by atoms with van der Waals surface area (Å²) >= 11 is 6.00. The number of hydrogen-bond acceptors (Lipinski definition) is 1. The molecule has 102 valence electrons. The Balaban J connectivity index is 2.39. The van der Waals surface area contributed by atoms with Crippen LogP contribution in [0.1, 0.15) is 25.0 Å². The Kier molecular flexibility index (Phi) is 5.08. The third kappa shape index (κ3) is 4.04. The maximum absolute atomic E-state index is 6.00. The van der Waals surface area contributed by atoms with E-state index < -0.39 is 0 Å². The summed E-state index contributed by atoms with van der Waals surface area (Å²) in [6.07, 6.45) is 0. The highest BCUT2D eigenvalue weighted by Gasteiger charge is 2.05. The number of alkyl halides is 1. The van der Waals surface area contributed by atoms with Gasteiger partial charge in [-0.2, -0.15) is 0 Å². The highest BCUT2D eigenvalue weighted by atomic mass is 35.5. The number of benzene rings is 2. The zero-order valence-corrected chi connectivity index (χ0v) is 12.4. The van der Waals surface area contributed by atoms with Crippen LogP contribution in [-0.2, 0) is 0 Å². The van der Waals surface area contributed by atoms with Gasteiger partial charge in [0.15, 0.2) is 5.84 Å². The van der Waals surface area contributed by atoms with Crippen molar-refractivity contribution in [3.63, 3.8) is 0 Å². The van der Waals surface area contributed by atoms with E-state index in [9.17, 15) is 0 Å². The van der Waals surface area contributed by atoms with Gasteiger partial charge in [-0.3, -0.25) is 0 Å². The fraction of sp³-hybridized carbons (Fsp3) is 0.176. The molecule has 0 spiro atoms. The van der Waals surface area contributed by atoms with Crippen molar-refractivity contribution in [2.45, 2.75) is 19.3 Å². The highest BCUT2D eigenvalue weighted by molar-refractivity contribution is 6.21. The van der Waals surface area contributed by atoms with Gasteiger partial charge in [0.25, 0.3) is 0 Å². The highest BCUT2D eigenvalue weighted by Crippen LogP contribution is 2.09. The average molecular weight is 285 g/mol. The molecule has 0 amide bonds. The molecule has 0 saturated carbocycles. The number of rotatable bonds is 3. The van der Waals surface area contributed by atoms with Crippen LogP contribution in [0, 0.1) is 0 Å². The number of nitrogens with zero attached hydrogens (tertiary/aromatic N) is 2. The normalized spacial score (nSPS) is 14.2. The summed E-state index contributed by atoms with van der Waals surface area (Å²) < 4.78 is 0. The second-order valence-corrected chi connectivity index (χ2v) is 5.09. The molecule has 1 unspecified atom stereocenters. The summed E-state index contributed by atoms with van der Waals surface area (Å²) in [5.74, 6) is 0.662. The average Bonchev–Trinajstić information content (AvgIpc) is 2.48. The molecular formula is C17H17ClN2. The molecule has 0 aliphatic carbocycles. The monoisotopic (exact) mass is 284 g/mol. The van der Waals surface area contributed by atoms with Crippen LogP contribution in [0.4, 0.5) is 0 Å². The third-order valence-electron chi connectivity index (χ3n) is 2.80. The molecule has 0 aliphatic heterocycles. The van der Waals surface area contributed by atoms with Gasteiger partial charge in [-0.25, -0.2) is 9.98 Å². The molecule has 0 aliphatic rings. The summed E-state index contributed by atoms with van der Waals surface area (Å²) in [7, 11) is 0. The minimum Gasteiger partial charge on any atom is -0.247 e. The molecule has 0 aromatic heterocycles. The van der Waals surface area contributed by atoms with Gasteiger partial charge in [-0.1, -0.05) is 72.3 Å². The summed E-state index contributed by atoms with van der Waals surface area (Å²) in [6, 6.07) is 19.9. The van der Waals surface area contributed by atoms with Crippen molar-refractivity contribution < 1.29 is 0 Å². The quantitative estimate of drug-likeness (QED) is 0.342. The summed E-state index contributed by atoms with van der Waals surface area (Å²) in [5, 5.41) is 0. The Morgan fingerprint density at radius 1 is 0.900 bits per heavy atom. The Morgan fingerprint density at radius 3 is 1.90 bits per heavy atom. The molecule has 0 radical (unpaired) electrons. The first kappa shape index (κ1) is 14.5. The lowest BCUT2D eigenvalue weighted by atomic mass is 10.1. The van der Waals surface area contributed by atoms with E-state index in [2.05, 4.69) is 9.98 Å². The van der Waals surface area contributed by atoms with Crippen molar-refractivity contribution in [3.8, 4) is 0 Å². The number of halogens is 1. The molecule has 0 bridgehead atoms. The standard InChI is InChI=1S/C17H17ClN2/c1-13(15-9-5-3-6-10-15)19-17(20-14(2)18)16-11-7-4-8-12-16/h3-12,14H,1-2H3/b19-13+,20-17-. The topological polar surface area (TPSA) is 24.7 Å². The van der Waals surface area contributed by atoms with Crippen LogP contribution in [0.2, 0.25) is 0 Å². The maximum Gasteiger partial charge on any atom is 0.156 e. The van der Waals surface area contributed by atoms with Gasteiger partial charge in [0, 0.05) is 11.3 Å². The van der Waals surface area contributed by atoms with Gasteiger partial charge < -0.3 is 0 Å². The van der Waals surface area contributed by atoms with E-state index in [0.29, 0.717) is 5.84 Å². The van der Waals surface area contributed by atoms with Crippen LogP contribution in [0.15, 0.2) is 70.6 Å². The summed E-state index contributed by atoms with van der Waals surface area (Å²) in [6.45, 7) is 3.81. The van der Waals surface area contributed by atoms with Gasteiger partial charge in [0.1, 0.15) is 5.50 Å². The largest absolute Gasteiger partial charge is 0.247 e. The molecule has 1 atom stereocenters. The number of aliphatic imine (C=N–C) groups is 2. The Morgan fingerprint density at radius 2 is 1.40 bits per heavy atom. The Hall–Kier alpha value is -1.93. The molecule has 2 rings (SSSR count). The van der Waals surface area contributed by atoms with E-state index in [1.807, 2.05) is 74.5 Å². The van der Waals surface area contributed by atoms with Crippen LogP contribution < -0.4 is 0 Å². The smallest absolute Gasteiger partial charge is 0.156 e. The van der Waals surface area contributed by atoms with Crippen LogP contribution in [0.5, 0.6) is 0 Å². The van der Waals surface area contributed by atoms with Gasteiger partial charge in [-0.05, 0) is 19.4 Å². The lowest BCUT2D eigenvalue weighted by molar-refractivity contribution is 1.02. The Bertz CT molecular complexity index is 601. The van der Waals surface area contributed by atoms with Crippen molar-refractivity contribution in [2.24, 2.45) is 9.98 Å². The molecule has 2 nitrogen and oxygen atoms in total. The molecule has 0 fully saturated rings. The molecule has 3 heteroatoms.